The van der Waals surface area contributed by atoms with Gasteiger partial charge in [0.15, 0.2) is 0 Å². The Balaban J connectivity index is 2.60. The number of hydrogen-bond donors (Lipinski definition) is 1. The third-order valence-electron chi connectivity index (χ3n) is 4.04. The zero-order valence-electron chi connectivity index (χ0n) is 13.4. The number of nitrogens with zero attached hydrogens (tertiary/aromatic N) is 2. The topological polar surface area (TPSA) is 105 Å². The Labute approximate surface area is 140 Å². The van der Waals surface area contributed by atoms with Crippen molar-refractivity contribution in [2.75, 3.05) is 19.7 Å². The Morgan fingerprint density at radius 3 is 2.75 bits per heavy atom. The number of carbonyl (C=O) groups excluding carboxylic acids is 1. The fourth-order valence-electron chi connectivity index (χ4n) is 2.98. The highest BCUT2D eigenvalue weighted by atomic mass is 16.6. The maximum atomic E-state index is 12.2. The van der Waals surface area contributed by atoms with E-state index in [4.69, 9.17) is 4.74 Å². The summed E-state index contributed by atoms with van der Waals surface area (Å²) < 4.78 is 4.98. The molecule has 1 fully saturated rings. The first-order valence-corrected chi connectivity index (χ1v) is 7.81. The maximum absolute atomic E-state index is 12.2. The summed E-state index contributed by atoms with van der Waals surface area (Å²) in [5.74, 6) is -1.26. The molecule has 7 heteroatoms. The molecule has 0 bridgehead atoms. The molecule has 0 amide bonds. The first-order chi connectivity index (χ1) is 11.6. The zero-order valence-corrected chi connectivity index (χ0v) is 13.4. The van der Waals surface area contributed by atoms with Gasteiger partial charge in [-0.3, -0.25) is 10.1 Å². The van der Waals surface area contributed by atoms with Crippen LogP contribution in [0.3, 0.4) is 0 Å². The summed E-state index contributed by atoms with van der Waals surface area (Å²) in [6.07, 6.45) is 0.473. The van der Waals surface area contributed by atoms with Crippen LogP contribution in [0.1, 0.15) is 18.9 Å². The van der Waals surface area contributed by atoms with Crippen molar-refractivity contribution in [3.63, 3.8) is 0 Å². The molecule has 1 aliphatic heterocycles. The van der Waals surface area contributed by atoms with E-state index in [0.717, 1.165) is 0 Å². The zero-order chi connectivity index (χ0) is 17.5. The summed E-state index contributed by atoms with van der Waals surface area (Å²) in [4.78, 5) is 23.3. The van der Waals surface area contributed by atoms with Gasteiger partial charge in [0.25, 0.3) is 0 Å². The number of benzene rings is 1. The highest BCUT2D eigenvalue weighted by Gasteiger charge is 2.39. The lowest BCUT2D eigenvalue weighted by Gasteiger charge is -2.29. The number of nitro groups is 1. The van der Waals surface area contributed by atoms with Crippen molar-refractivity contribution in [2.24, 2.45) is 5.92 Å². The van der Waals surface area contributed by atoms with Crippen LogP contribution >= 0.6 is 0 Å². The SMILES string of the molecule is CCOC(=O)/C(C#N)=C(/c1ccccc1)C1CCNCC1[N+](=O)[O-]. The van der Waals surface area contributed by atoms with Crippen molar-refractivity contribution >= 4 is 11.5 Å². The van der Waals surface area contributed by atoms with Gasteiger partial charge in [-0.05, 0) is 31.0 Å². The van der Waals surface area contributed by atoms with Gasteiger partial charge in [0.05, 0.1) is 19.1 Å². The molecular formula is C17H19N3O4. The number of nitrogens with one attached hydrogen (secondary N) is 1. The van der Waals surface area contributed by atoms with Crippen LogP contribution in [0.4, 0.5) is 0 Å². The number of carbonyl (C=O) groups is 1. The van der Waals surface area contributed by atoms with Gasteiger partial charge in [0.1, 0.15) is 11.6 Å². The standard InChI is InChI=1S/C17H19N3O4/c1-2-24-17(21)14(10-18)16(12-6-4-3-5-7-12)13-8-9-19-11-15(13)20(22)23/h3-7,13,15,19H,2,8-9,11H2,1H3/b16-14-. The van der Waals surface area contributed by atoms with Crippen molar-refractivity contribution in [1.82, 2.24) is 5.32 Å². The quantitative estimate of drug-likeness (QED) is 0.290. The van der Waals surface area contributed by atoms with Gasteiger partial charge in [0.2, 0.25) is 6.04 Å². The lowest BCUT2D eigenvalue weighted by atomic mass is 9.80. The van der Waals surface area contributed by atoms with E-state index in [1.807, 2.05) is 12.1 Å². The van der Waals surface area contributed by atoms with Crippen molar-refractivity contribution in [3.05, 3.63) is 51.6 Å². The third-order valence-corrected chi connectivity index (χ3v) is 4.04. The Kier molecular flexibility index (Phi) is 6.04. The molecule has 126 valence electrons. The molecule has 2 atom stereocenters. The minimum Gasteiger partial charge on any atom is -0.462 e. The molecule has 1 saturated heterocycles. The van der Waals surface area contributed by atoms with Crippen LogP contribution in [0.2, 0.25) is 0 Å². The lowest BCUT2D eigenvalue weighted by molar-refractivity contribution is -0.528. The van der Waals surface area contributed by atoms with Crippen molar-refractivity contribution in [2.45, 2.75) is 19.4 Å². The molecule has 0 aromatic heterocycles. The number of ether oxygens (including phenoxy) is 1. The van der Waals surface area contributed by atoms with E-state index in [-0.39, 0.29) is 23.6 Å². The highest BCUT2D eigenvalue weighted by molar-refractivity contribution is 6.02. The molecule has 1 N–H and O–H groups in total. The Hall–Kier alpha value is -2.72. The van der Waals surface area contributed by atoms with Crippen LogP contribution in [-0.4, -0.2) is 36.6 Å². The summed E-state index contributed by atoms with van der Waals surface area (Å²) in [5.41, 5.74) is 0.891. The summed E-state index contributed by atoms with van der Waals surface area (Å²) in [6, 6.07) is 9.88. The second-order valence-corrected chi connectivity index (χ2v) is 5.44. The predicted octanol–water partition coefficient (Wildman–Crippen LogP) is 1.78. The third kappa shape index (κ3) is 3.78. The van der Waals surface area contributed by atoms with Gasteiger partial charge in [-0.2, -0.15) is 5.26 Å². The number of nitriles is 1. The fourth-order valence-corrected chi connectivity index (χ4v) is 2.98. The van der Waals surface area contributed by atoms with Gasteiger partial charge in [-0.15, -0.1) is 0 Å². The van der Waals surface area contributed by atoms with Gasteiger partial charge in [0, 0.05) is 4.92 Å². The van der Waals surface area contributed by atoms with E-state index in [9.17, 15) is 20.2 Å². The second-order valence-electron chi connectivity index (χ2n) is 5.44. The van der Waals surface area contributed by atoms with E-state index in [1.54, 1.807) is 31.2 Å². The van der Waals surface area contributed by atoms with Gasteiger partial charge < -0.3 is 10.1 Å². The molecule has 0 spiro atoms. The monoisotopic (exact) mass is 329 g/mol. The van der Waals surface area contributed by atoms with Crippen molar-refractivity contribution in [3.8, 4) is 6.07 Å². The normalized spacial score (nSPS) is 21.3. The highest BCUT2D eigenvalue weighted by Crippen LogP contribution is 2.34. The molecule has 1 aromatic rings. The van der Waals surface area contributed by atoms with Crippen LogP contribution < -0.4 is 5.32 Å². The molecule has 1 aromatic carbocycles. The molecule has 0 aliphatic carbocycles. The second kappa shape index (κ2) is 8.22. The number of esters is 1. The van der Waals surface area contributed by atoms with E-state index in [0.29, 0.717) is 24.1 Å². The fraction of sp³-hybridized carbons (Fsp3) is 0.412. The van der Waals surface area contributed by atoms with Gasteiger partial charge in [-0.25, -0.2) is 4.79 Å². The van der Waals surface area contributed by atoms with Crippen LogP contribution in [0.15, 0.2) is 35.9 Å². The molecule has 7 nitrogen and oxygen atoms in total. The number of hydrogen-bond acceptors (Lipinski definition) is 6. The van der Waals surface area contributed by atoms with Crippen LogP contribution in [0.5, 0.6) is 0 Å². The minimum atomic E-state index is -0.897. The van der Waals surface area contributed by atoms with Crippen molar-refractivity contribution < 1.29 is 14.5 Å². The van der Waals surface area contributed by atoms with E-state index < -0.39 is 17.9 Å². The lowest BCUT2D eigenvalue weighted by Crippen LogP contribution is -2.45. The number of piperidine rings is 1. The predicted molar refractivity (Wildman–Crippen MR) is 87.4 cm³/mol. The number of rotatable bonds is 5. The first kappa shape index (κ1) is 17.6. The molecule has 2 rings (SSSR count). The molecule has 2 unspecified atom stereocenters. The largest absolute Gasteiger partial charge is 0.462 e. The van der Waals surface area contributed by atoms with Gasteiger partial charge in [-0.1, -0.05) is 30.3 Å². The van der Waals surface area contributed by atoms with Crippen molar-refractivity contribution in [1.29, 1.82) is 5.26 Å². The van der Waals surface area contributed by atoms with E-state index in [2.05, 4.69) is 5.32 Å². The van der Waals surface area contributed by atoms with Gasteiger partial charge >= 0.3 is 5.97 Å². The molecule has 0 radical (unpaired) electrons. The average molecular weight is 329 g/mol. The summed E-state index contributed by atoms with van der Waals surface area (Å²) in [6.45, 7) is 2.58. The Morgan fingerprint density at radius 2 is 2.17 bits per heavy atom. The minimum absolute atomic E-state index is 0.136. The molecular weight excluding hydrogens is 310 g/mol. The van der Waals surface area contributed by atoms with Crippen LogP contribution in [0, 0.1) is 27.4 Å². The molecule has 1 aliphatic rings. The summed E-state index contributed by atoms with van der Waals surface area (Å²) in [5, 5.41) is 24.0. The summed E-state index contributed by atoms with van der Waals surface area (Å²) >= 11 is 0. The van der Waals surface area contributed by atoms with E-state index >= 15 is 0 Å². The van der Waals surface area contributed by atoms with Crippen LogP contribution in [0.25, 0.3) is 5.57 Å². The molecule has 1 heterocycles. The smallest absolute Gasteiger partial charge is 0.349 e. The van der Waals surface area contributed by atoms with Crippen LogP contribution in [-0.2, 0) is 9.53 Å². The average Bonchev–Trinajstić information content (AvgIpc) is 2.60. The molecule has 0 saturated carbocycles. The van der Waals surface area contributed by atoms with E-state index in [1.165, 1.54) is 0 Å². The maximum Gasteiger partial charge on any atom is 0.349 e. The Bertz CT molecular complexity index is 679. The molecule has 24 heavy (non-hydrogen) atoms. The Morgan fingerprint density at radius 1 is 1.46 bits per heavy atom. The summed E-state index contributed by atoms with van der Waals surface area (Å²) in [7, 11) is 0. The first-order valence-electron chi connectivity index (χ1n) is 7.81.